The van der Waals surface area contributed by atoms with Crippen LogP contribution in [0.2, 0.25) is 0 Å². The standard InChI is InChI=1S/C20H18O3S/c1-13(2)23-15-8-10-19(22)17(11-15)18(21)9-7-14-12-24-20-6-4-3-5-16(14)20/h3-13,22H,1-2H3/b9-7+. The minimum Gasteiger partial charge on any atom is -0.507 e. The molecule has 1 N–H and O–H groups in total. The van der Waals surface area contributed by atoms with Crippen LogP contribution in [0.3, 0.4) is 0 Å². The van der Waals surface area contributed by atoms with Crippen LogP contribution in [0.1, 0.15) is 29.8 Å². The maximum Gasteiger partial charge on any atom is 0.189 e. The minimum absolute atomic E-state index is 0.00482. The molecule has 0 bridgehead atoms. The number of rotatable bonds is 5. The van der Waals surface area contributed by atoms with E-state index in [1.807, 2.05) is 37.4 Å². The summed E-state index contributed by atoms with van der Waals surface area (Å²) in [4.78, 5) is 12.4. The van der Waals surface area contributed by atoms with Crippen LogP contribution in [0, 0.1) is 0 Å². The zero-order chi connectivity index (χ0) is 17.1. The SMILES string of the molecule is CC(C)Oc1ccc(O)c(C(=O)/C=C/c2csc3ccccc23)c1. The number of carbonyl (C=O) groups excluding carboxylic acids is 1. The van der Waals surface area contributed by atoms with Crippen molar-refractivity contribution in [3.63, 3.8) is 0 Å². The number of fused-ring (bicyclic) bond motifs is 1. The second-order valence-corrected chi connectivity index (χ2v) is 6.64. The number of thiophene rings is 1. The van der Waals surface area contributed by atoms with E-state index in [4.69, 9.17) is 4.74 Å². The van der Waals surface area contributed by atoms with E-state index >= 15 is 0 Å². The van der Waals surface area contributed by atoms with Crippen molar-refractivity contribution < 1.29 is 14.6 Å². The predicted molar refractivity (Wildman–Crippen MR) is 99.1 cm³/mol. The predicted octanol–water partition coefficient (Wildman–Crippen LogP) is 5.29. The quantitative estimate of drug-likeness (QED) is 0.508. The van der Waals surface area contributed by atoms with Crippen LogP contribution >= 0.6 is 11.3 Å². The maximum atomic E-state index is 12.4. The Morgan fingerprint density at radius 2 is 2.00 bits per heavy atom. The summed E-state index contributed by atoms with van der Waals surface area (Å²) in [6, 6.07) is 12.8. The Bertz CT molecular complexity index is 906. The Balaban J connectivity index is 1.86. The molecule has 24 heavy (non-hydrogen) atoms. The van der Waals surface area contributed by atoms with Gasteiger partial charge in [0.15, 0.2) is 5.78 Å². The molecule has 3 nitrogen and oxygen atoms in total. The third kappa shape index (κ3) is 3.49. The van der Waals surface area contributed by atoms with Gasteiger partial charge in [-0.2, -0.15) is 0 Å². The van der Waals surface area contributed by atoms with Crippen LogP contribution in [0.15, 0.2) is 53.9 Å². The molecule has 3 aromatic rings. The molecule has 0 aliphatic rings. The van der Waals surface area contributed by atoms with Gasteiger partial charge >= 0.3 is 0 Å². The van der Waals surface area contributed by atoms with Gasteiger partial charge in [-0.15, -0.1) is 11.3 Å². The van der Waals surface area contributed by atoms with Crippen molar-refractivity contribution in [1.82, 2.24) is 0 Å². The number of phenols is 1. The first-order valence-electron chi connectivity index (χ1n) is 7.73. The summed E-state index contributed by atoms with van der Waals surface area (Å²) in [5.74, 6) is 0.272. The van der Waals surface area contributed by atoms with Gasteiger partial charge in [0, 0.05) is 4.70 Å². The maximum absolute atomic E-state index is 12.4. The van der Waals surface area contributed by atoms with Gasteiger partial charge in [-0.05, 0) is 66.6 Å². The topological polar surface area (TPSA) is 46.5 Å². The summed E-state index contributed by atoms with van der Waals surface area (Å²) in [5, 5.41) is 13.1. The Hall–Kier alpha value is -2.59. The monoisotopic (exact) mass is 338 g/mol. The number of phenolic OH excluding ortho intramolecular Hbond substituents is 1. The molecule has 122 valence electrons. The van der Waals surface area contributed by atoms with Crippen molar-refractivity contribution in [1.29, 1.82) is 0 Å². The molecule has 1 heterocycles. The zero-order valence-corrected chi connectivity index (χ0v) is 14.3. The number of hydrogen-bond acceptors (Lipinski definition) is 4. The Morgan fingerprint density at radius 3 is 2.79 bits per heavy atom. The summed E-state index contributed by atoms with van der Waals surface area (Å²) in [6.45, 7) is 3.83. The minimum atomic E-state index is -0.253. The lowest BCUT2D eigenvalue weighted by molar-refractivity contribution is 0.104. The van der Waals surface area contributed by atoms with Crippen molar-refractivity contribution >= 4 is 33.3 Å². The van der Waals surface area contributed by atoms with E-state index < -0.39 is 0 Å². The molecule has 0 fully saturated rings. The van der Waals surface area contributed by atoms with Crippen LogP contribution in [0.5, 0.6) is 11.5 Å². The highest BCUT2D eigenvalue weighted by molar-refractivity contribution is 7.17. The molecular weight excluding hydrogens is 320 g/mol. The average Bonchev–Trinajstić information content (AvgIpc) is 2.97. The Kier molecular flexibility index (Phi) is 4.67. The summed E-state index contributed by atoms with van der Waals surface area (Å²) >= 11 is 1.64. The highest BCUT2D eigenvalue weighted by Gasteiger charge is 2.11. The Labute approximate surface area is 144 Å². The molecule has 0 saturated carbocycles. The number of aromatic hydroxyl groups is 1. The summed E-state index contributed by atoms with van der Waals surface area (Å²) in [5.41, 5.74) is 1.24. The van der Waals surface area contributed by atoms with E-state index in [-0.39, 0.29) is 23.2 Å². The van der Waals surface area contributed by atoms with Gasteiger partial charge in [-0.3, -0.25) is 4.79 Å². The lowest BCUT2D eigenvalue weighted by Crippen LogP contribution is -2.06. The smallest absolute Gasteiger partial charge is 0.189 e. The summed E-state index contributed by atoms with van der Waals surface area (Å²) in [6.07, 6.45) is 3.28. The average molecular weight is 338 g/mol. The van der Waals surface area contributed by atoms with Crippen molar-refractivity contribution in [2.24, 2.45) is 0 Å². The van der Waals surface area contributed by atoms with E-state index in [2.05, 4.69) is 6.07 Å². The normalized spacial score (nSPS) is 11.5. The fourth-order valence-electron chi connectivity index (χ4n) is 2.44. The van der Waals surface area contributed by atoms with Crippen molar-refractivity contribution in [2.75, 3.05) is 0 Å². The second kappa shape index (κ2) is 6.89. The fraction of sp³-hybridized carbons (Fsp3) is 0.150. The van der Waals surface area contributed by atoms with Gasteiger partial charge in [-0.1, -0.05) is 18.2 Å². The largest absolute Gasteiger partial charge is 0.507 e. The molecule has 0 atom stereocenters. The number of ether oxygens (including phenoxy) is 1. The first-order valence-corrected chi connectivity index (χ1v) is 8.61. The summed E-state index contributed by atoms with van der Waals surface area (Å²) < 4.78 is 6.76. The third-order valence-electron chi connectivity index (χ3n) is 3.53. The second-order valence-electron chi connectivity index (χ2n) is 5.73. The van der Waals surface area contributed by atoms with Gasteiger partial charge in [0.2, 0.25) is 0 Å². The first-order chi connectivity index (χ1) is 11.5. The van der Waals surface area contributed by atoms with E-state index in [1.165, 1.54) is 16.8 Å². The van der Waals surface area contributed by atoms with Crippen LogP contribution in [0.4, 0.5) is 0 Å². The van der Waals surface area contributed by atoms with Gasteiger partial charge < -0.3 is 9.84 Å². The van der Waals surface area contributed by atoms with Gasteiger partial charge in [0.05, 0.1) is 11.7 Å². The molecule has 0 unspecified atom stereocenters. The number of hydrogen-bond donors (Lipinski definition) is 1. The number of benzene rings is 2. The Morgan fingerprint density at radius 1 is 1.21 bits per heavy atom. The fourth-order valence-corrected chi connectivity index (χ4v) is 3.37. The van der Waals surface area contributed by atoms with E-state index in [0.29, 0.717) is 5.75 Å². The van der Waals surface area contributed by atoms with Crippen molar-refractivity contribution in [3.8, 4) is 11.5 Å². The highest BCUT2D eigenvalue weighted by Crippen LogP contribution is 2.28. The van der Waals surface area contributed by atoms with Gasteiger partial charge in [0.25, 0.3) is 0 Å². The van der Waals surface area contributed by atoms with E-state index in [0.717, 1.165) is 10.9 Å². The summed E-state index contributed by atoms with van der Waals surface area (Å²) in [7, 11) is 0. The van der Waals surface area contributed by atoms with Gasteiger partial charge in [-0.25, -0.2) is 0 Å². The molecule has 0 spiro atoms. The van der Waals surface area contributed by atoms with Crippen LogP contribution in [-0.2, 0) is 0 Å². The highest BCUT2D eigenvalue weighted by atomic mass is 32.1. The first kappa shape index (κ1) is 16.3. The molecule has 0 radical (unpaired) electrons. The number of ketones is 1. The number of carbonyl (C=O) groups is 1. The molecule has 0 aliphatic heterocycles. The molecule has 0 aliphatic carbocycles. The molecule has 1 aromatic heterocycles. The number of allylic oxidation sites excluding steroid dienone is 1. The molecule has 2 aromatic carbocycles. The lowest BCUT2D eigenvalue weighted by atomic mass is 10.1. The molecule has 4 heteroatoms. The van der Waals surface area contributed by atoms with Crippen molar-refractivity contribution in [3.05, 3.63) is 65.0 Å². The van der Waals surface area contributed by atoms with Crippen LogP contribution < -0.4 is 4.74 Å². The molecular formula is C20H18O3S. The van der Waals surface area contributed by atoms with E-state index in [1.54, 1.807) is 29.5 Å². The lowest BCUT2D eigenvalue weighted by Gasteiger charge is -2.11. The van der Waals surface area contributed by atoms with E-state index in [9.17, 15) is 9.90 Å². The zero-order valence-electron chi connectivity index (χ0n) is 13.5. The molecule has 0 saturated heterocycles. The van der Waals surface area contributed by atoms with Crippen LogP contribution in [0.25, 0.3) is 16.2 Å². The van der Waals surface area contributed by atoms with Crippen molar-refractivity contribution in [2.45, 2.75) is 20.0 Å². The molecule has 0 amide bonds. The van der Waals surface area contributed by atoms with Gasteiger partial charge in [0.1, 0.15) is 11.5 Å². The third-order valence-corrected chi connectivity index (χ3v) is 4.51. The van der Waals surface area contributed by atoms with Crippen LogP contribution in [-0.4, -0.2) is 17.0 Å². The molecule has 3 rings (SSSR count).